The molecule has 0 spiro atoms. The minimum Gasteiger partial charge on any atom is -0.741 e. The molecule has 0 N–H and O–H groups in total. The van der Waals surface area contributed by atoms with Gasteiger partial charge in [-0.3, -0.25) is 4.99 Å². The minimum atomic E-state index is -6.09. The number of alkyl halides is 6. The van der Waals surface area contributed by atoms with Crippen LogP contribution in [0.3, 0.4) is 0 Å². The van der Waals surface area contributed by atoms with Gasteiger partial charge in [-0.1, -0.05) is 112 Å². The largest absolute Gasteiger partial charge is 0.741 e. The monoisotopic (exact) mass is 828 g/mol. The first kappa shape index (κ1) is 56.3. The molecule has 0 fully saturated rings. The van der Waals surface area contributed by atoms with Crippen LogP contribution >= 0.6 is 0 Å². The predicted molar refractivity (Wildman–Crippen MR) is 189 cm³/mol. The van der Waals surface area contributed by atoms with Crippen LogP contribution in [-0.4, -0.2) is 105 Å². The van der Waals surface area contributed by atoms with Crippen LogP contribution in [-0.2, 0) is 38.8 Å². The Balaban J connectivity index is -0.000000306. The zero-order valence-electron chi connectivity index (χ0n) is 30.8. The Bertz CT molecular complexity index is 1360. The molecule has 0 unspecified atom stereocenters. The number of aryl methyl sites for hydroxylation is 2. The van der Waals surface area contributed by atoms with Crippen molar-refractivity contribution in [2.24, 2.45) is 4.99 Å². The molecule has 0 saturated carbocycles. The van der Waals surface area contributed by atoms with E-state index in [9.17, 15) is 26.3 Å². The van der Waals surface area contributed by atoms with E-state index in [2.05, 4.69) is 106 Å². The van der Waals surface area contributed by atoms with Gasteiger partial charge in [-0.15, -0.1) is 6.54 Å². The minimum absolute atomic E-state index is 0. The summed E-state index contributed by atoms with van der Waals surface area (Å²) in [5.74, 6) is 0. The van der Waals surface area contributed by atoms with Gasteiger partial charge < -0.3 is 24.2 Å². The molecule has 10 nitrogen and oxygen atoms in total. The summed E-state index contributed by atoms with van der Waals surface area (Å²) in [6.45, 7) is 25.3. The molecule has 0 atom stereocenters. The van der Waals surface area contributed by atoms with Gasteiger partial charge in [-0.05, 0) is 53.5 Å². The maximum absolute atomic E-state index is 10.7. The Hall–Kier alpha value is -2.45. The molecule has 2 rings (SSSR count). The molecule has 0 saturated heterocycles. The summed E-state index contributed by atoms with van der Waals surface area (Å²) in [6, 6.07) is 20.5. The van der Waals surface area contributed by atoms with Crippen molar-refractivity contribution < 1.29 is 70.8 Å². The predicted octanol–water partition coefficient (Wildman–Crippen LogP) is 7.50. The molecule has 19 heteroatoms. The van der Waals surface area contributed by atoms with Crippen molar-refractivity contribution in [2.75, 3.05) is 52.4 Å². The van der Waals surface area contributed by atoms with Gasteiger partial charge in [0.15, 0.2) is 20.2 Å². The first-order valence-corrected chi connectivity index (χ1v) is 18.6. The van der Waals surface area contributed by atoms with Crippen LogP contribution in [0.4, 0.5) is 26.3 Å². The van der Waals surface area contributed by atoms with E-state index in [4.69, 9.17) is 25.9 Å². The van der Waals surface area contributed by atoms with Crippen LogP contribution < -0.4 is 0 Å². The van der Waals surface area contributed by atoms with Crippen molar-refractivity contribution in [3.63, 3.8) is 0 Å². The van der Waals surface area contributed by atoms with Crippen LogP contribution in [0.25, 0.3) is 5.32 Å². The number of aliphatic imine (C=N–C) groups is 1. The van der Waals surface area contributed by atoms with Crippen LogP contribution in [0.2, 0.25) is 0 Å². The van der Waals surface area contributed by atoms with Crippen molar-refractivity contribution in [3.8, 4) is 0 Å². The van der Waals surface area contributed by atoms with Gasteiger partial charge >= 0.3 is 11.0 Å². The summed E-state index contributed by atoms with van der Waals surface area (Å²) in [6.07, 6.45) is 2.09. The molecule has 0 aliphatic heterocycles. The second-order valence-electron chi connectivity index (χ2n) is 10.4. The third kappa shape index (κ3) is 33.4. The Morgan fingerprint density at radius 2 is 1.00 bits per heavy atom. The van der Waals surface area contributed by atoms with Crippen molar-refractivity contribution in [1.29, 1.82) is 0 Å². The molecule has 0 aromatic heterocycles. The van der Waals surface area contributed by atoms with Crippen molar-refractivity contribution in [1.82, 2.24) is 9.80 Å². The topological polar surface area (TPSA) is 147 Å². The zero-order chi connectivity index (χ0) is 40.3. The summed E-state index contributed by atoms with van der Waals surface area (Å²) < 4.78 is 118. The number of nitrogens with zero attached hydrogens (tertiary/aromatic N) is 4. The summed E-state index contributed by atoms with van der Waals surface area (Å²) in [5.41, 5.74) is -6.50. The Morgan fingerprint density at radius 1 is 0.692 bits per heavy atom. The number of benzene rings is 2. The van der Waals surface area contributed by atoms with Crippen LogP contribution in [0.15, 0.2) is 77.4 Å². The van der Waals surface area contributed by atoms with Crippen LogP contribution in [0.1, 0.15) is 52.7 Å². The fraction of sp³-hybridized carbons (Fsp3) is 0.545. The number of hydrogen-bond acceptors (Lipinski definition) is 9. The zero-order valence-corrected chi connectivity index (χ0v) is 33.8. The van der Waals surface area contributed by atoms with E-state index in [0.29, 0.717) is 0 Å². The molecule has 2 aromatic rings. The quantitative estimate of drug-likeness (QED) is 0.0926. The van der Waals surface area contributed by atoms with Crippen molar-refractivity contribution in [3.05, 3.63) is 88.9 Å². The molecule has 0 aliphatic carbocycles. The third-order valence-electron chi connectivity index (χ3n) is 6.21. The Labute approximate surface area is 318 Å². The van der Waals surface area contributed by atoms with Gasteiger partial charge in [-0.2, -0.15) is 32.0 Å². The first-order valence-electron chi connectivity index (χ1n) is 15.7. The maximum atomic E-state index is 10.7. The van der Waals surface area contributed by atoms with Gasteiger partial charge in [-0.25, -0.2) is 16.8 Å². The van der Waals surface area contributed by atoms with Crippen molar-refractivity contribution >= 4 is 25.9 Å². The molecule has 0 heterocycles. The number of halogens is 6. The number of rotatable bonds is 12. The fourth-order valence-corrected chi connectivity index (χ4v) is 3.28. The number of likely N-dealkylation sites (N-methyl/N-ethyl adjacent to an activating group) is 2. The van der Waals surface area contributed by atoms with Gasteiger partial charge in [0, 0.05) is 30.8 Å². The SMILES string of the molecule is CCN(CC)CCN=C(C)/C=C(/C)[N-]CCN(CC)CC.Cc1ccccc1.Cc1ccccc1.O=S(=O)([O-])C(F)(F)F.O=S(=O)([O-])C(F)(F)F.[V]. The summed E-state index contributed by atoms with van der Waals surface area (Å²) in [4.78, 5) is 9.38. The summed E-state index contributed by atoms with van der Waals surface area (Å²) >= 11 is 0. The van der Waals surface area contributed by atoms with E-state index in [1.54, 1.807) is 0 Å². The third-order valence-corrected chi connectivity index (χ3v) is 7.34. The normalized spacial score (nSPS) is 12.0. The molecule has 0 amide bonds. The molecule has 0 aliphatic rings. The molecule has 52 heavy (non-hydrogen) atoms. The average molecular weight is 829 g/mol. The van der Waals surface area contributed by atoms with Gasteiger partial charge in [0.05, 0.1) is 6.54 Å². The fourth-order valence-electron chi connectivity index (χ4n) is 3.28. The molecule has 0 bridgehead atoms. The van der Waals surface area contributed by atoms with Gasteiger partial charge in [0.2, 0.25) is 0 Å². The maximum Gasteiger partial charge on any atom is 0.485 e. The second-order valence-corrected chi connectivity index (χ2v) is 13.1. The van der Waals surface area contributed by atoms with E-state index in [-0.39, 0.29) is 18.6 Å². The summed E-state index contributed by atoms with van der Waals surface area (Å²) in [7, 11) is -12.2. The Kier molecular flexibility index (Phi) is 32.4. The second kappa shape index (κ2) is 29.9. The van der Waals surface area contributed by atoms with Gasteiger partial charge in [0.1, 0.15) is 0 Å². The average Bonchev–Trinajstić information content (AvgIpc) is 3.01. The molecular weight excluding hydrogens is 777 g/mol. The number of hydrogen-bond donors (Lipinski definition) is 0. The van der Waals surface area contributed by atoms with Crippen LogP contribution in [0.5, 0.6) is 0 Å². The smallest absolute Gasteiger partial charge is 0.485 e. The van der Waals surface area contributed by atoms with Crippen molar-refractivity contribution in [2.45, 2.75) is 66.4 Å². The van der Waals surface area contributed by atoms with Crippen LogP contribution in [0, 0.1) is 13.8 Å². The van der Waals surface area contributed by atoms with E-state index < -0.39 is 31.3 Å². The van der Waals surface area contributed by atoms with E-state index in [1.807, 2.05) is 36.4 Å². The molecule has 2 aromatic carbocycles. The van der Waals surface area contributed by atoms with E-state index in [0.717, 1.165) is 63.8 Å². The molecule has 301 valence electrons. The first-order chi connectivity index (χ1) is 23.4. The standard InChI is InChI=1S/C17H35N4.2C7H8.2CHF3O3S.V/c1-7-20(8-2)13-11-18-16(5)15-17(6)19-12-14-21(9-3)10-4;2*1-7-5-3-2-4-6-7;2*2-1(3,4)8(5,6)7;/h15H,7-14H2,1-6H3;2*2-6H,1H3;2*(H,5,6,7);/q-1;;;;;/p-2/b16-15-,19-17?;;;;;. The van der Waals surface area contributed by atoms with E-state index in [1.165, 1.54) is 11.1 Å². The Morgan fingerprint density at radius 3 is 1.25 bits per heavy atom. The van der Waals surface area contributed by atoms with E-state index >= 15 is 0 Å². The number of allylic oxidation sites excluding steroid dienone is 2. The molecule has 1 radical (unpaired) electrons. The van der Waals surface area contributed by atoms with Gasteiger partial charge in [0.25, 0.3) is 0 Å². The summed E-state index contributed by atoms with van der Waals surface area (Å²) in [5, 5.41) is 4.60. The molecular formula is C33H51F6N4O6S2V-3.